The minimum atomic E-state index is -0.419. The lowest BCUT2D eigenvalue weighted by molar-refractivity contribution is 0.174. The molecule has 1 saturated heterocycles. The van der Waals surface area contributed by atoms with Gasteiger partial charge in [0.1, 0.15) is 5.82 Å². The van der Waals surface area contributed by atoms with Crippen LogP contribution in [0.15, 0.2) is 48.8 Å². The number of nitrogens with two attached hydrogens (primary N) is 1. The number of anilines is 1. The number of likely N-dealkylation sites (tertiary alicyclic amines) is 1. The van der Waals surface area contributed by atoms with Gasteiger partial charge < -0.3 is 21.3 Å². The molecule has 0 aliphatic carbocycles. The Labute approximate surface area is 188 Å². The summed E-state index contributed by atoms with van der Waals surface area (Å²) in [6.07, 6.45) is 4.99. The van der Waals surface area contributed by atoms with Gasteiger partial charge in [-0.3, -0.25) is 4.98 Å². The molecule has 1 aromatic heterocycles. The zero-order valence-corrected chi connectivity index (χ0v) is 18.8. The van der Waals surface area contributed by atoms with Crippen LogP contribution in [0.2, 0.25) is 0 Å². The summed E-state index contributed by atoms with van der Waals surface area (Å²) in [5.41, 5.74) is 7.72. The number of nitrogens with zero attached hydrogens (tertiary/aromatic N) is 2. The van der Waals surface area contributed by atoms with E-state index in [0.29, 0.717) is 30.5 Å². The summed E-state index contributed by atoms with van der Waals surface area (Å²) in [7, 11) is 0. The highest BCUT2D eigenvalue weighted by molar-refractivity contribution is 7.80. The summed E-state index contributed by atoms with van der Waals surface area (Å²) in [6.45, 7) is 5.93. The van der Waals surface area contributed by atoms with E-state index in [2.05, 4.69) is 15.6 Å². The fourth-order valence-corrected chi connectivity index (χ4v) is 3.97. The second-order valence-electron chi connectivity index (χ2n) is 8.50. The van der Waals surface area contributed by atoms with Crippen molar-refractivity contribution < 1.29 is 9.18 Å². The number of thiocarbonyl (C=S) groups is 1. The molecule has 0 bridgehead atoms. The molecule has 2 amide bonds. The van der Waals surface area contributed by atoms with Crippen molar-refractivity contribution in [1.29, 1.82) is 0 Å². The van der Waals surface area contributed by atoms with Gasteiger partial charge in [-0.25, -0.2) is 9.18 Å². The highest BCUT2D eigenvalue weighted by Crippen LogP contribution is 2.25. The molecule has 2 aromatic rings. The van der Waals surface area contributed by atoms with Gasteiger partial charge in [-0.2, -0.15) is 0 Å². The Kier molecular flexibility index (Phi) is 7.56. The van der Waals surface area contributed by atoms with Crippen LogP contribution in [-0.4, -0.2) is 46.6 Å². The molecule has 6 nitrogen and oxygen atoms in total. The van der Waals surface area contributed by atoms with Gasteiger partial charge in [0.05, 0.1) is 4.99 Å². The lowest BCUT2D eigenvalue weighted by atomic mass is 9.84. The Morgan fingerprint density at radius 3 is 2.45 bits per heavy atom. The van der Waals surface area contributed by atoms with E-state index in [9.17, 15) is 9.18 Å². The smallest absolute Gasteiger partial charge is 0.321 e. The van der Waals surface area contributed by atoms with Gasteiger partial charge in [0.15, 0.2) is 0 Å². The Balaban J connectivity index is 1.45. The zero-order valence-electron chi connectivity index (χ0n) is 18.0. The molecule has 2 heterocycles. The fraction of sp³-hybridized carbons (Fsp3) is 0.435. The number of pyridine rings is 1. The number of carbonyl (C=O) groups excluding carboxylic acids is 1. The number of nitrogens with one attached hydrogen (secondary N) is 2. The molecular formula is C23H30FN5OS. The lowest BCUT2D eigenvalue weighted by Gasteiger charge is -2.35. The molecule has 4 N–H and O–H groups in total. The van der Waals surface area contributed by atoms with Crippen LogP contribution in [0.25, 0.3) is 0 Å². The molecule has 1 fully saturated rings. The first-order chi connectivity index (χ1) is 14.8. The Hall–Kier alpha value is -2.58. The molecule has 31 heavy (non-hydrogen) atoms. The SMILES string of the molecule is CC(C)(C(=S)NCC(N)C1CCN(C(=O)Nc2ccncc2)CC1)c1ccc(F)cc1. The molecule has 0 spiro atoms. The summed E-state index contributed by atoms with van der Waals surface area (Å²) in [6, 6.07) is 9.79. The highest BCUT2D eigenvalue weighted by atomic mass is 32.1. The Morgan fingerprint density at radius 2 is 1.84 bits per heavy atom. The normalized spacial score (nSPS) is 15.9. The predicted molar refractivity (Wildman–Crippen MR) is 126 cm³/mol. The number of carbonyl (C=O) groups is 1. The summed E-state index contributed by atoms with van der Waals surface area (Å²) in [4.78, 5) is 18.9. The minimum Gasteiger partial charge on any atom is -0.377 e. The van der Waals surface area contributed by atoms with Crippen LogP contribution in [-0.2, 0) is 5.41 Å². The maximum atomic E-state index is 13.2. The van der Waals surface area contributed by atoms with Gasteiger partial charge >= 0.3 is 6.03 Å². The van der Waals surface area contributed by atoms with Crippen molar-refractivity contribution in [2.75, 3.05) is 25.0 Å². The summed E-state index contributed by atoms with van der Waals surface area (Å²) >= 11 is 5.61. The van der Waals surface area contributed by atoms with Crippen LogP contribution in [0.3, 0.4) is 0 Å². The molecule has 1 aliphatic rings. The topological polar surface area (TPSA) is 83.3 Å². The van der Waals surface area contributed by atoms with E-state index < -0.39 is 5.41 Å². The third-order valence-corrected chi connectivity index (χ3v) is 6.65. The van der Waals surface area contributed by atoms with Crippen molar-refractivity contribution in [3.63, 3.8) is 0 Å². The van der Waals surface area contributed by atoms with E-state index in [-0.39, 0.29) is 17.9 Å². The number of halogens is 1. The fourth-order valence-electron chi connectivity index (χ4n) is 3.76. The Bertz CT molecular complexity index is 883. The Morgan fingerprint density at radius 1 is 1.23 bits per heavy atom. The number of piperidine rings is 1. The van der Waals surface area contributed by atoms with E-state index >= 15 is 0 Å². The first-order valence-electron chi connectivity index (χ1n) is 10.5. The van der Waals surface area contributed by atoms with Crippen LogP contribution in [0, 0.1) is 11.7 Å². The highest BCUT2D eigenvalue weighted by Gasteiger charge is 2.29. The van der Waals surface area contributed by atoms with Crippen LogP contribution < -0.4 is 16.4 Å². The quantitative estimate of drug-likeness (QED) is 0.593. The number of urea groups is 1. The summed E-state index contributed by atoms with van der Waals surface area (Å²) < 4.78 is 13.2. The van der Waals surface area contributed by atoms with Crippen LogP contribution in [0.5, 0.6) is 0 Å². The molecule has 166 valence electrons. The van der Waals surface area contributed by atoms with Crippen LogP contribution in [0.1, 0.15) is 32.3 Å². The van der Waals surface area contributed by atoms with E-state index in [1.807, 2.05) is 18.7 Å². The van der Waals surface area contributed by atoms with E-state index in [0.717, 1.165) is 24.1 Å². The van der Waals surface area contributed by atoms with Crippen molar-refractivity contribution in [2.24, 2.45) is 11.7 Å². The molecule has 8 heteroatoms. The second-order valence-corrected chi connectivity index (χ2v) is 8.90. The van der Waals surface area contributed by atoms with Gasteiger partial charge in [0.25, 0.3) is 0 Å². The average molecular weight is 444 g/mol. The summed E-state index contributed by atoms with van der Waals surface area (Å²) in [5, 5.41) is 6.21. The maximum Gasteiger partial charge on any atom is 0.321 e. The molecule has 1 aromatic carbocycles. The second kappa shape index (κ2) is 10.2. The number of rotatable bonds is 6. The molecule has 1 aliphatic heterocycles. The van der Waals surface area contributed by atoms with Crippen molar-refractivity contribution in [3.8, 4) is 0 Å². The first kappa shape index (κ1) is 23.1. The minimum absolute atomic E-state index is 0.0626. The monoisotopic (exact) mass is 443 g/mol. The van der Waals surface area contributed by atoms with Gasteiger partial charge in [-0.1, -0.05) is 24.4 Å². The molecule has 1 unspecified atom stereocenters. The largest absolute Gasteiger partial charge is 0.377 e. The number of hydrogen-bond donors (Lipinski definition) is 3. The molecule has 3 rings (SSSR count). The number of hydrogen-bond acceptors (Lipinski definition) is 4. The number of amides is 2. The maximum absolute atomic E-state index is 13.2. The molecule has 0 saturated carbocycles. The van der Waals surface area contributed by atoms with Crippen molar-refractivity contribution in [2.45, 2.75) is 38.1 Å². The third-order valence-electron chi connectivity index (χ3n) is 6.00. The van der Waals surface area contributed by atoms with Gasteiger partial charge in [-0.15, -0.1) is 0 Å². The summed E-state index contributed by atoms with van der Waals surface area (Å²) in [5.74, 6) is 0.0514. The lowest BCUT2D eigenvalue weighted by Crippen LogP contribution is -2.50. The van der Waals surface area contributed by atoms with E-state index in [4.69, 9.17) is 18.0 Å². The molecular weight excluding hydrogens is 413 g/mol. The van der Waals surface area contributed by atoms with Gasteiger partial charge in [0, 0.05) is 49.2 Å². The molecule has 0 radical (unpaired) electrons. The number of benzene rings is 1. The third kappa shape index (κ3) is 5.98. The molecule has 1 atom stereocenters. The average Bonchev–Trinajstić information content (AvgIpc) is 2.78. The predicted octanol–water partition coefficient (Wildman–Crippen LogP) is 3.69. The van der Waals surface area contributed by atoms with E-state index in [1.165, 1.54) is 12.1 Å². The van der Waals surface area contributed by atoms with E-state index in [1.54, 1.807) is 36.7 Å². The van der Waals surface area contributed by atoms with Crippen molar-refractivity contribution in [3.05, 3.63) is 60.2 Å². The van der Waals surface area contributed by atoms with Crippen LogP contribution in [0.4, 0.5) is 14.9 Å². The standard InChI is InChI=1S/C23H30FN5OS/c1-23(2,17-3-5-18(24)6-4-17)21(31)27-15-20(25)16-9-13-29(14-10-16)22(30)28-19-7-11-26-12-8-19/h3-8,11-12,16,20H,9-10,13-15,25H2,1-2H3,(H,27,31)(H,26,28,30). The van der Waals surface area contributed by atoms with Crippen LogP contribution >= 0.6 is 12.2 Å². The van der Waals surface area contributed by atoms with Crippen molar-refractivity contribution >= 4 is 28.9 Å². The van der Waals surface area contributed by atoms with Gasteiger partial charge in [-0.05, 0) is 62.4 Å². The number of aromatic nitrogens is 1. The van der Waals surface area contributed by atoms with Gasteiger partial charge in [0.2, 0.25) is 0 Å². The first-order valence-corrected chi connectivity index (χ1v) is 10.9. The van der Waals surface area contributed by atoms with Crippen molar-refractivity contribution in [1.82, 2.24) is 15.2 Å². The zero-order chi connectivity index (χ0) is 22.4.